The van der Waals surface area contributed by atoms with Crippen molar-refractivity contribution in [2.75, 3.05) is 13.6 Å². The van der Waals surface area contributed by atoms with Gasteiger partial charge in [0.1, 0.15) is 25.6 Å². The first kappa shape index (κ1) is 14.6. The molecular formula is C16H23N2O2+. The predicted octanol–water partition coefficient (Wildman–Crippen LogP) is 2.04. The van der Waals surface area contributed by atoms with Gasteiger partial charge in [0.05, 0.1) is 17.4 Å². The monoisotopic (exact) mass is 275 g/mol. The summed E-state index contributed by atoms with van der Waals surface area (Å²) in [5.74, 6) is 0.168. The third-order valence-electron chi connectivity index (χ3n) is 3.92. The highest BCUT2D eigenvalue weighted by Gasteiger charge is 2.37. The Kier molecular flexibility index (Phi) is 4.12. The summed E-state index contributed by atoms with van der Waals surface area (Å²) in [7, 11) is 1.98. The Hall–Kier alpha value is -1.84. The fraction of sp³-hybridized carbons (Fsp3) is 0.500. The predicted molar refractivity (Wildman–Crippen MR) is 80.9 cm³/mol. The van der Waals surface area contributed by atoms with Crippen molar-refractivity contribution in [3.8, 4) is 5.75 Å². The number of aromatic amines is 1. The minimum atomic E-state index is -0.184. The second kappa shape index (κ2) is 5.65. The van der Waals surface area contributed by atoms with Gasteiger partial charge in [0.15, 0.2) is 0 Å². The maximum absolute atomic E-state index is 12.3. The van der Waals surface area contributed by atoms with E-state index < -0.39 is 0 Å². The molecule has 108 valence electrons. The summed E-state index contributed by atoms with van der Waals surface area (Å²) < 4.78 is 2.06. The van der Waals surface area contributed by atoms with Crippen LogP contribution in [0.3, 0.4) is 0 Å². The number of aromatic nitrogens is 1. The van der Waals surface area contributed by atoms with Crippen LogP contribution in [0, 0.1) is 5.92 Å². The summed E-state index contributed by atoms with van der Waals surface area (Å²) >= 11 is 0. The van der Waals surface area contributed by atoms with Crippen LogP contribution in [0.5, 0.6) is 5.75 Å². The normalized spacial score (nSPS) is 21.9. The third-order valence-corrected chi connectivity index (χ3v) is 3.92. The van der Waals surface area contributed by atoms with Crippen molar-refractivity contribution in [1.29, 1.82) is 0 Å². The van der Waals surface area contributed by atoms with Crippen LogP contribution < -0.4 is 5.56 Å². The zero-order valence-corrected chi connectivity index (χ0v) is 12.4. The van der Waals surface area contributed by atoms with E-state index in [1.807, 2.05) is 27.1 Å². The molecule has 2 heterocycles. The minimum Gasteiger partial charge on any atom is -0.507 e. The lowest BCUT2D eigenvalue weighted by atomic mass is 9.85. The van der Waals surface area contributed by atoms with Crippen LogP contribution in [0.15, 0.2) is 23.0 Å². The van der Waals surface area contributed by atoms with Gasteiger partial charge >= 0.3 is 0 Å². The van der Waals surface area contributed by atoms with Crippen molar-refractivity contribution in [3.63, 3.8) is 0 Å². The molecule has 1 aliphatic heterocycles. The molecule has 2 rings (SSSR count). The van der Waals surface area contributed by atoms with E-state index in [1.165, 1.54) is 0 Å². The second-order valence-corrected chi connectivity index (χ2v) is 5.74. The summed E-state index contributed by atoms with van der Waals surface area (Å²) in [4.78, 5) is 15.2. The van der Waals surface area contributed by atoms with Gasteiger partial charge in [-0.3, -0.25) is 4.79 Å². The number of aryl methyl sites for hydroxylation is 1. The first-order valence-electron chi connectivity index (χ1n) is 7.09. The van der Waals surface area contributed by atoms with E-state index in [2.05, 4.69) is 16.1 Å². The molecule has 20 heavy (non-hydrogen) atoms. The van der Waals surface area contributed by atoms with Gasteiger partial charge in [0.25, 0.3) is 5.56 Å². The summed E-state index contributed by atoms with van der Waals surface area (Å²) in [6.45, 7) is 8.86. The van der Waals surface area contributed by atoms with Crippen LogP contribution in [-0.2, 0) is 6.42 Å². The molecule has 1 aromatic heterocycles. The average Bonchev–Trinajstić information content (AvgIpc) is 2.71. The highest BCUT2D eigenvalue weighted by Crippen LogP contribution is 2.34. The van der Waals surface area contributed by atoms with E-state index in [-0.39, 0.29) is 23.1 Å². The van der Waals surface area contributed by atoms with Crippen molar-refractivity contribution in [1.82, 2.24) is 4.98 Å². The molecule has 0 saturated carbocycles. The zero-order valence-electron chi connectivity index (χ0n) is 12.4. The number of H-pyrrole nitrogens is 1. The van der Waals surface area contributed by atoms with Crippen molar-refractivity contribution in [3.05, 3.63) is 39.8 Å². The van der Waals surface area contributed by atoms with E-state index in [1.54, 1.807) is 6.07 Å². The number of aromatic hydroxyl groups is 1. The Balaban J connectivity index is 2.47. The van der Waals surface area contributed by atoms with E-state index in [9.17, 15) is 9.90 Å². The lowest BCUT2D eigenvalue weighted by Crippen LogP contribution is -2.23. The first-order valence-corrected chi connectivity index (χ1v) is 7.09. The molecule has 2 N–H and O–H groups in total. The SMILES string of the molecule is C=C(C)C1C[N+](C)=CC1c1c(O)cc(CCC)[nH]c1=O. The number of hydrogen-bond acceptors (Lipinski definition) is 2. The number of nitrogens with zero attached hydrogens (tertiary/aromatic N) is 1. The Bertz CT molecular complexity index is 613. The summed E-state index contributed by atoms with van der Waals surface area (Å²) in [5.41, 5.74) is 2.10. The van der Waals surface area contributed by atoms with Crippen LogP contribution in [0.25, 0.3) is 0 Å². The van der Waals surface area contributed by atoms with Crippen LogP contribution in [0.2, 0.25) is 0 Å². The zero-order chi connectivity index (χ0) is 14.9. The molecule has 4 nitrogen and oxygen atoms in total. The van der Waals surface area contributed by atoms with Crippen molar-refractivity contribution in [2.24, 2.45) is 5.92 Å². The molecule has 2 unspecified atom stereocenters. The molecule has 0 amide bonds. The molecule has 2 atom stereocenters. The van der Waals surface area contributed by atoms with Crippen molar-refractivity contribution >= 4 is 6.21 Å². The second-order valence-electron chi connectivity index (χ2n) is 5.74. The minimum absolute atomic E-state index is 0.0972. The van der Waals surface area contributed by atoms with Crippen LogP contribution >= 0.6 is 0 Å². The van der Waals surface area contributed by atoms with Gasteiger partial charge in [0, 0.05) is 5.69 Å². The summed E-state index contributed by atoms with van der Waals surface area (Å²) in [5, 5.41) is 10.3. The standard InChI is InChI=1S/C16H22N2O2/c1-5-6-11-7-14(19)15(16(20)17-11)13-9-18(4)8-12(13)10(2)3/h7,9,12-13H,2,5-6,8H2,1,3-4H3,(H-,17,19,20)/p+1. The molecule has 0 fully saturated rings. The van der Waals surface area contributed by atoms with Gasteiger partial charge in [-0.25, -0.2) is 4.58 Å². The Labute approximate surface area is 119 Å². The summed E-state index contributed by atoms with van der Waals surface area (Å²) in [6, 6.07) is 1.68. The quantitative estimate of drug-likeness (QED) is 0.652. The largest absolute Gasteiger partial charge is 0.507 e. The average molecular weight is 275 g/mol. The van der Waals surface area contributed by atoms with Gasteiger partial charge in [-0.1, -0.05) is 25.5 Å². The van der Waals surface area contributed by atoms with Gasteiger partial charge in [-0.05, 0) is 19.4 Å². The molecule has 0 radical (unpaired) electrons. The fourth-order valence-corrected chi connectivity index (χ4v) is 2.94. The maximum atomic E-state index is 12.3. The van der Waals surface area contributed by atoms with Crippen LogP contribution in [-0.4, -0.2) is 34.5 Å². The van der Waals surface area contributed by atoms with Gasteiger partial charge in [-0.2, -0.15) is 0 Å². The van der Waals surface area contributed by atoms with E-state index in [4.69, 9.17) is 0 Å². The van der Waals surface area contributed by atoms with Gasteiger partial charge < -0.3 is 10.1 Å². The topological polar surface area (TPSA) is 56.1 Å². The van der Waals surface area contributed by atoms with Crippen molar-refractivity contribution in [2.45, 2.75) is 32.6 Å². The Morgan fingerprint density at radius 2 is 2.30 bits per heavy atom. The smallest absolute Gasteiger partial charge is 0.255 e. The van der Waals surface area contributed by atoms with Crippen LogP contribution in [0.1, 0.15) is 37.4 Å². The summed E-state index contributed by atoms with van der Waals surface area (Å²) in [6.07, 6.45) is 3.70. The number of nitrogens with one attached hydrogen (secondary N) is 1. The highest BCUT2D eigenvalue weighted by molar-refractivity contribution is 5.68. The molecular weight excluding hydrogens is 252 g/mol. The lowest BCUT2D eigenvalue weighted by molar-refractivity contribution is -0.488. The number of rotatable bonds is 4. The molecule has 0 aromatic carbocycles. The van der Waals surface area contributed by atoms with Gasteiger partial charge in [-0.15, -0.1) is 0 Å². The molecule has 1 aromatic rings. The molecule has 0 aliphatic carbocycles. The number of hydrogen-bond donors (Lipinski definition) is 2. The molecule has 0 spiro atoms. The van der Waals surface area contributed by atoms with E-state index in [0.717, 1.165) is 30.7 Å². The Morgan fingerprint density at radius 3 is 2.85 bits per heavy atom. The Morgan fingerprint density at radius 1 is 1.60 bits per heavy atom. The first-order chi connectivity index (χ1) is 9.43. The molecule has 4 heteroatoms. The van der Waals surface area contributed by atoms with E-state index >= 15 is 0 Å². The van der Waals surface area contributed by atoms with Gasteiger partial charge in [0.2, 0.25) is 0 Å². The third kappa shape index (κ3) is 2.69. The van der Waals surface area contributed by atoms with Crippen LogP contribution in [0.4, 0.5) is 0 Å². The van der Waals surface area contributed by atoms with Crippen molar-refractivity contribution < 1.29 is 9.68 Å². The maximum Gasteiger partial charge on any atom is 0.255 e. The fourth-order valence-electron chi connectivity index (χ4n) is 2.94. The molecule has 1 aliphatic rings. The molecule has 0 saturated heterocycles. The van der Waals surface area contributed by atoms with E-state index in [0.29, 0.717) is 5.56 Å². The highest BCUT2D eigenvalue weighted by atomic mass is 16.3. The lowest BCUT2D eigenvalue weighted by Gasteiger charge is -2.16. The molecule has 0 bridgehead atoms. The number of pyridine rings is 1.